The summed E-state index contributed by atoms with van der Waals surface area (Å²) in [6, 6.07) is 17.0. The number of carbonyl (C=O) groups is 2. The molecule has 0 aliphatic rings. The zero-order valence-electron chi connectivity index (χ0n) is 15.3. The number of esters is 1. The van der Waals surface area contributed by atoms with Crippen molar-refractivity contribution in [2.75, 3.05) is 12.4 Å². The lowest BCUT2D eigenvalue weighted by molar-refractivity contribution is 0.0600. The van der Waals surface area contributed by atoms with Crippen LogP contribution in [0.5, 0.6) is 0 Å². The third-order valence-electron chi connectivity index (χ3n) is 4.37. The van der Waals surface area contributed by atoms with Gasteiger partial charge in [-0.05, 0) is 42.5 Å². The lowest BCUT2D eigenvalue weighted by Gasteiger charge is -2.11. The summed E-state index contributed by atoms with van der Waals surface area (Å²) in [5, 5.41) is 3.76. The first-order chi connectivity index (χ1) is 14.1. The van der Waals surface area contributed by atoms with Crippen molar-refractivity contribution >= 4 is 40.1 Å². The van der Waals surface area contributed by atoms with Gasteiger partial charge in [0.2, 0.25) is 0 Å². The van der Waals surface area contributed by atoms with Gasteiger partial charge in [-0.1, -0.05) is 29.8 Å². The van der Waals surface area contributed by atoms with Crippen molar-refractivity contribution in [2.45, 2.75) is 0 Å². The Morgan fingerprint density at radius 1 is 1.07 bits per heavy atom. The van der Waals surface area contributed by atoms with E-state index >= 15 is 0 Å². The molecule has 2 aromatic carbocycles. The van der Waals surface area contributed by atoms with E-state index in [-0.39, 0.29) is 11.5 Å². The fourth-order valence-electron chi connectivity index (χ4n) is 2.97. The molecule has 0 atom stereocenters. The quantitative estimate of drug-likeness (QED) is 0.472. The Morgan fingerprint density at radius 2 is 1.90 bits per heavy atom. The number of halogens is 1. The average molecular weight is 407 g/mol. The highest BCUT2D eigenvalue weighted by molar-refractivity contribution is 6.34. The third kappa shape index (κ3) is 3.70. The maximum absolute atomic E-state index is 13.1. The van der Waals surface area contributed by atoms with Crippen LogP contribution < -0.4 is 5.32 Å². The van der Waals surface area contributed by atoms with E-state index in [0.29, 0.717) is 38.6 Å². The Bertz CT molecular complexity index is 1220. The molecule has 0 aliphatic heterocycles. The molecule has 6 nitrogen and oxygen atoms in total. The summed E-state index contributed by atoms with van der Waals surface area (Å²) in [6.07, 6.45) is 1.55. The summed E-state index contributed by atoms with van der Waals surface area (Å²) in [4.78, 5) is 29.5. The van der Waals surface area contributed by atoms with Crippen LogP contribution in [0.4, 0.5) is 5.69 Å². The summed E-state index contributed by atoms with van der Waals surface area (Å²) in [6.45, 7) is 0. The van der Waals surface area contributed by atoms with Crippen LogP contribution in [0.15, 0.2) is 71.3 Å². The molecule has 0 fully saturated rings. The predicted octanol–water partition coefficient (Wildman–Crippen LogP) is 5.19. The number of pyridine rings is 1. The summed E-state index contributed by atoms with van der Waals surface area (Å²) in [5.74, 6) is -0.359. The van der Waals surface area contributed by atoms with Crippen LogP contribution in [0, 0.1) is 0 Å². The minimum atomic E-state index is -0.522. The Hall–Kier alpha value is -3.64. The van der Waals surface area contributed by atoms with Gasteiger partial charge in [0.05, 0.1) is 40.7 Å². The minimum absolute atomic E-state index is 0.281. The van der Waals surface area contributed by atoms with E-state index < -0.39 is 5.97 Å². The zero-order valence-corrected chi connectivity index (χ0v) is 16.1. The third-order valence-corrected chi connectivity index (χ3v) is 4.70. The molecule has 1 N–H and O–H groups in total. The van der Waals surface area contributed by atoms with E-state index in [1.54, 1.807) is 24.5 Å². The van der Waals surface area contributed by atoms with Crippen molar-refractivity contribution in [3.8, 4) is 11.5 Å². The molecule has 4 rings (SSSR count). The molecule has 0 saturated carbocycles. The van der Waals surface area contributed by atoms with Crippen molar-refractivity contribution in [3.05, 3.63) is 83.1 Å². The summed E-state index contributed by atoms with van der Waals surface area (Å²) < 4.78 is 10.2. The number of nitrogens with one attached hydrogen (secondary N) is 1. The molecule has 0 aliphatic carbocycles. The Kier molecular flexibility index (Phi) is 5.01. The molecule has 4 aromatic rings. The molecule has 7 heteroatoms. The number of rotatable bonds is 4. The van der Waals surface area contributed by atoms with Crippen molar-refractivity contribution < 1.29 is 18.7 Å². The Labute approximate surface area is 171 Å². The molecule has 1 amide bonds. The van der Waals surface area contributed by atoms with Crippen LogP contribution in [0.2, 0.25) is 5.02 Å². The lowest BCUT2D eigenvalue weighted by Crippen LogP contribution is -2.14. The maximum atomic E-state index is 13.1. The van der Waals surface area contributed by atoms with Crippen molar-refractivity contribution in [1.29, 1.82) is 0 Å². The monoisotopic (exact) mass is 406 g/mol. The molecule has 0 radical (unpaired) electrons. The largest absolute Gasteiger partial charge is 0.465 e. The molecular formula is C22H15ClN2O4. The van der Waals surface area contributed by atoms with Gasteiger partial charge in [-0.3, -0.25) is 4.79 Å². The number of para-hydroxylation sites is 1. The number of amides is 1. The number of benzene rings is 2. The number of aromatic nitrogens is 1. The normalized spacial score (nSPS) is 10.7. The molecule has 0 bridgehead atoms. The van der Waals surface area contributed by atoms with Crippen molar-refractivity contribution in [3.63, 3.8) is 0 Å². The molecule has 144 valence electrons. The molecule has 2 heterocycles. The summed E-state index contributed by atoms with van der Waals surface area (Å²) >= 11 is 6.21. The molecule has 0 spiro atoms. The van der Waals surface area contributed by atoms with E-state index in [1.165, 1.54) is 25.3 Å². The van der Waals surface area contributed by atoms with Gasteiger partial charge in [-0.15, -0.1) is 0 Å². The van der Waals surface area contributed by atoms with E-state index in [4.69, 9.17) is 20.8 Å². The SMILES string of the molecule is COC(=O)c1ccc(Cl)c(NC(=O)c2cc(-c3ccco3)nc3ccccc23)c1. The number of ether oxygens (including phenoxy) is 1. The highest BCUT2D eigenvalue weighted by Crippen LogP contribution is 2.28. The van der Waals surface area contributed by atoms with Crippen LogP contribution in [0.25, 0.3) is 22.4 Å². The number of anilines is 1. The van der Waals surface area contributed by atoms with Gasteiger partial charge < -0.3 is 14.5 Å². The number of methoxy groups -OCH3 is 1. The number of carbonyl (C=O) groups excluding carboxylic acids is 2. The first-order valence-corrected chi connectivity index (χ1v) is 9.07. The van der Waals surface area contributed by atoms with Crippen LogP contribution in [0.1, 0.15) is 20.7 Å². The number of furan rings is 1. The summed E-state index contributed by atoms with van der Waals surface area (Å²) in [7, 11) is 1.29. The Morgan fingerprint density at radius 3 is 2.66 bits per heavy atom. The predicted molar refractivity (Wildman–Crippen MR) is 110 cm³/mol. The summed E-state index contributed by atoms with van der Waals surface area (Å²) in [5.41, 5.74) is 2.18. The van der Waals surface area contributed by atoms with Crippen LogP contribution >= 0.6 is 11.6 Å². The molecule has 2 aromatic heterocycles. The molecular weight excluding hydrogens is 392 g/mol. The first kappa shape index (κ1) is 18.7. The zero-order chi connectivity index (χ0) is 20.4. The van der Waals surface area contributed by atoms with Gasteiger partial charge >= 0.3 is 5.97 Å². The smallest absolute Gasteiger partial charge is 0.337 e. The highest BCUT2D eigenvalue weighted by atomic mass is 35.5. The van der Waals surface area contributed by atoms with Gasteiger partial charge in [-0.2, -0.15) is 0 Å². The second-order valence-electron chi connectivity index (χ2n) is 6.19. The van der Waals surface area contributed by atoms with E-state index in [0.717, 1.165) is 0 Å². The maximum Gasteiger partial charge on any atom is 0.337 e. The number of hydrogen-bond acceptors (Lipinski definition) is 5. The van der Waals surface area contributed by atoms with Gasteiger partial charge in [0.1, 0.15) is 5.69 Å². The van der Waals surface area contributed by atoms with Gasteiger partial charge in [0, 0.05) is 5.39 Å². The lowest BCUT2D eigenvalue weighted by atomic mass is 10.1. The minimum Gasteiger partial charge on any atom is -0.465 e. The average Bonchev–Trinajstić information content (AvgIpc) is 3.29. The second kappa shape index (κ2) is 7.77. The van der Waals surface area contributed by atoms with Crippen molar-refractivity contribution in [1.82, 2.24) is 4.98 Å². The second-order valence-corrected chi connectivity index (χ2v) is 6.60. The topological polar surface area (TPSA) is 81.4 Å². The number of hydrogen-bond donors (Lipinski definition) is 1. The first-order valence-electron chi connectivity index (χ1n) is 8.69. The van der Waals surface area contributed by atoms with E-state index in [1.807, 2.05) is 24.3 Å². The van der Waals surface area contributed by atoms with Crippen LogP contribution in [0.3, 0.4) is 0 Å². The Balaban J connectivity index is 1.77. The highest BCUT2D eigenvalue weighted by Gasteiger charge is 2.17. The van der Waals surface area contributed by atoms with Crippen LogP contribution in [-0.4, -0.2) is 24.0 Å². The molecule has 0 unspecified atom stereocenters. The van der Waals surface area contributed by atoms with Gasteiger partial charge in [0.15, 0.2) is 5.76 Å². The van der Waals surface area contributed by atoms with Crippen molar-refractivity contribution in [2.24, 2.45) is 0 Å². The standard InChI is InChI=1S/C22H15ClN2O4/c1-28-22(27)13-8-9-16(23)18(11-13)25-21(26)15-12-19(20-7-4-10-29-20)24-17-6-3-2-5-14(15)17/h2-12H,1H3,(H,25,26). The van der Waals surface area contributed by atoms with Gasteiger partial charge in [0.25, 0.3) is 5.91 Å². The fourth-order valence-corrected chi connectivity index (χ4v) is 3.13. The van der Waals surface area contributed by atoms with E-state index in [2.05, 4.69) is 10.3 Å². The number of fused-ring (bicyclic) bond motifs is 1. The number of nitrogens with zero attached hydrogens (tertiary/aromatic N) is 1. The van der Waals surface area contributed by atoms with Crippen LogP contribution in [-0.2, 0) is 4.74 Å². The molecule has 29 heavy (non-hydrogen) atoms. The van der Waals surface area contributed by atoms with E-state index in [9.17, 15) is 9.59 Å². The molecule has 0 saturated heterocycles. The fraction of sp³-hybridized carbons (Fsp3) is 0.0455. The van der Waals surface area contributed by atoms with Gasteiger partial charge in [-0.25, -0.2) is 9.78 Å².